The van der Waals surface area contributed by atoms with E-state index in [2.05, 4.69) is 5.32 Å². The van der Waals surface area contributed by atoms with Gasteiger partial charge >= 0.3 is 0 Å². The second kappa shape index (κ2) is 5.11. The van der Waals surface area contributed by atoms with Crippen molar-refractivity contribution >= 4 is 11.8 Å². The summed E-state index contributed by atoms with van der Waals surface area (Å²) < 4.78 is 0. The van der Waals surface area contributed by atoms with E-state index in [9.17, 15) is 9.59 Å². The minimum absolute atomic E-state index is 0.0327. The fourth-order valence-electron chi connectivity index (χ4n) is 1.58. The molecule has 15 heavy (non-hydrogen) atoms. The van der Waals surface area contributed by atoms with E-state index in [1.807, 2.05) is 0 Å². The predicted molar refractivity (Wildman–Crippen MR) is 55.1 cm³/mol. The molecule has 0 bridgehead atoms. The van der Waals surface area contributed by atoms with Crippen molar-refractivity contribution < 1.29 is 14.7 Å². The number of nitrogens with zero attached hydrogens (tertiary/aromatic N) is 1. The van der Waals surface area contributed by atoms with Gasteiger partial charge in [0.05, 0.1) is 6.61 Å². The molecular weight excluding hydrogens is 196 g/mol. The Bertz CT molecular complexity index is 251. The first-order valence-electron chi connectivity index (χ1n) is 5.24. The number of nitrogens with one attached hydrogen (secondary N) is 1. The molecule has 0 aliphatic heterocycles. The van der Waals surface area contributed by atoms with E-state index in [4.69, 9.17) is 5.11 Å². The summed E-state index contributed by atoms with van der Waals surface area (Å²) in [6.07, 6.45) is 2.00. The van der Waals surface area contributed by atoms with E-state index in [0.29, 0.717) is 6.54 Å². The van der Waals surface area contributed by atoms with Crippen molar-refractivity contribution in [3.63, 3.8) is 0 Å². The largest absolute Gasteiger partial charge is 0.395 e. The molecule has 1 aliphatic rings. The third-order valence-electron chi connectivity index (χ3n) is 2.40. The van der Waals surface area contributed by atoms with Crippen LogP contribution >= 0.6 is 0 Å². The molecule has 0 aromatic heterocycles. The second-order valence-corrected chi connectivity index (χ2v) is 3.91. The van der Waals surface area contributed by atoms with Crippen LogP contribution in [-0.4, -0.2) is 47.1 Å². The lowest BCUT2D eigenvalue weighted by molar-refractivity contribution is -0.136. The summed E-state index contributed by atoms with van der Waals surface area (Å²) in [5, 5.41) is 11.4. The van der Waals surface area contributed by atoms with E-state index < -0.39 is 6.04 Å². The predicted octanol–water partition coefficient (Wildman–Crippen LogP) is -0.506. The van der Waals surface area contributed by atoms with Gasteiger partial charge in [0.15, 0.2) is 0 Å². The monoisotopic (exact) mass is 214 g/mol. The zero-order chi connectivity index (χ0) is 11.4. The molecule has 0 saturated heterocycles. The van der Waals surface area contributed by atoms with E-state index >= 15 is 0 Å². The van der Waals surface area contributed by atoms with Crippen molar-refractivity contribution in [1.29, 1.82) is 0 Å². The maximum absolute atomic E-state index is 11.9. The highest BCUT2D eigenvalue weighted by molar-refractivity contribution is 5.86. The minimum atomic E-state index is -0.505. The Hall–Kier alpha value is -1.10. The molecule has 0 spiro atoms. The van der Waals surface area contributed by atoms with Gasteiger partial charge in [-0.05, 0) is 19.8 Å². The maximum atomic E-state index is 11.9. The standard InChI is InChI=1S/C10H18N2O3/c1-7(11-8(2)14)10(15)12(5-6-13)9-3-4-9/h7,9,13H,3-6H2,1-2H3,(H,11,14). The summed E-state index contributed by atoms with van der Waals surface area (Å²) in [5.41, 5.74) is 0. The van der Waals surface area contributed by atoms with Crippen molar-refractivity contribution in [2.24, 2.45) is 0 Å². The van der Waals surface area contributed by atoms with Crippen LogP contribution in [0.4, 0.5) is 0 Å². The van der Waals surface area contributed by atoms with Gasteiger partial charge in [-0.3, -0.25) is 9.59 Å². The SMILES string of the molecule is CC(=O)NC(C)C(=O)N(CCO)C1CC1. The Labute approximate surface area is 89.4 Å². The molecule has 1 unspecified atom stereocenters. The Morgan fingerprint density at radius 1 is 1.53 bits per heavy atom. The van der Waals surface area contributed by atoms with Crippen LogP contribution in [0.5, 0.6) is 0 Å². The number of carbonyl (C=O) groups is 2. The van der Waals surface area contributed by atoms with Gasteiger partial charge in [0.1, 0.15) is 6.04 Å². The molecule has 0 aromatic carbocycles. The smallest absolute Gasteiger partial charge is 0.245 e. The van der Waals surface area contributed by atoms with Crippen molar-refractivity contribution in [3.05, 3.63) is 0 Å². The Kier molecular flexibility index (Phi) is 4.08. The van der Waals surface area contributed by atoms with Crippen molar-refractivity contribution in [2.45, 2.75) is 38.8 Å². The maximum Gasteiger partial charge on any atom is 0.245 e. The van der Waals surface area contributed by atoms with Gasteiger partial charge in [0.2, 0.25) is 11.8 Å². The summed E-state index contributed by atoms with van der Waals surface area (Å²) in [7, 11) is 0. The van der Waals surface area contributed by atoms with Gasteiger partial charge in [-0.15, -0.1) is 0 Å². The summed E-state index contributed by atoms with van der Waals surface area (Å²) in [5.74, 6) is -0.322. The van der Waals surface area contributed by atoms with Crippen LogP contribution in [0.25, 0.3) is 0 Å². The highest BCUT2D eigenvalue weighted by Crippen LogP contribution is 2.26. The quantitative estimate of drug-likeness (QED) is 0.648. The highest BCUT2D eigenvalue weighted by atomic mass is 16.3. The summed E-state index contributed by atoms with van der Waals surface area (Å²) in [6, 6.07) is -0.240. The van der Waals surface area contributed by atoms with Gasteiger partial charge in [-0.25, -0.2) is 0 Å². The fraction of sp³-hybridized carbons (Fsp3) is 0.800. The number of rotatable bonds is 5. The number of hydrogen-bond acceptors (Lipinski definition) is 3. The molecule has 2 amide bonds. The van der Waals surface area contributed by atoms with Gasteiger partial charge in [0.25, 0.3) is 0 Å². The third kappa shape index (κ3) is 3.51. The zero-order valence-corrected chi connectivity index (χ0v) is 9.19. The van der Waals surface area contributed by atoms with Crippen LogP contribution in [0.2, 0.25) is 0 Å². The average molecular weight is 214 g/mol. The Morgan fingerprint density at radius 2 is 2.13 bits per heavy atom. The van der Waals surface area contributed by atoms with Gasteiger partial charge in [0, 0.05) is 19.5 Å². The Balaban J connectivity index is 2.50. The number of amides is 2. The molecule has 0 radical (unpaired) electrons. The molecule has 0 aromatic rings. The van der Waals surface area contributed by atoms with E-state index in [1.165, 1.54) is 6.92 Å². The molecule has 5 heteroatoms. The van der Waals surface area contributed by atoms with Crippen molar-refractivity contribution in [3.8, 4) is 0 Å². The van der Waals surface area contributed by atoms with Crippen LogP contribution in [0.15, 0.2) is 0 Å². The molecular formula is C10H18N2O3. The first-order chi connectivity index (χ1) is 7.06. The molecule has 5 nitrogen and oxygen atoms in total. The number of aliphatic hydroxyl groups excluding tert-OH is 1. The van der Waals surface area contributed by atoms with E-state index in [-0.39, 0.29) is 24.5 Å². The lowest BCUT2D eigenvalue weighted by Crippen LogP contribution is -2.48. The zero-order valence-electron chi connectivity index (χ0n) is 9.19. The first kappa shape index (κ1) is 12.0. The first-order valence-corrected chi connectivity index (χ1v) is 5.24. The second-order valence-electron chi connectivity index (χ2n) is 3.91. The lowest BCUT2D eigenvalue weighted by atomic mass is 10.2. The molecule has 1 saturated carbocycles. The molecule has 1 rings (SSSR count). The molecule has 1 fully saturated rings. The summed E-state index contributed by atoms with van der Waals surface area (Å²) in [4.78, 5) is 24.3. The minimum Gasteiger partial charge on any atom is -0.395 e. The average Bonchev–Trinajstić information content (AvgIpc) is 2.95. The normalized spacial score (nSPS) is 17.0. The molecule has 86 valence electrons. The number of hydrogen-bond donors (Lipinski definition) is 2. The lowest BCUT2D eigenvalue weighted by Gasteiger charge is -2.25. The number of aliphatic hydroxyl groups is 1. The molecule has 0 heterocycles. The van der Waals surface area contributed by atoms with E-state index in [0.717, 1.165) is 12.8 Å². The topological polar surface area (TPSA) is 69.6 Å². The summed E-state index contributed by atoms with van der Waals surface area (Å²) >= 11 is 0. The van der Waals surface area contributed by atoms with Gasteiger partial charge in [-0.1, -0.05) is 0 Å². The van der Waals surface area contributed by atoms with Crippen LogP contribution in [0.1, 0.15) is 26.7 Å². The summed E-state index contributed by atoms with van der Waals surface area (Å²) in [6.45, 7) is 3.37. The van der Waals surface area contributed by atoms with Crippen LogP contribution in [-0.2, 0) is 9.59 Å². The fourth-order valence-corrected chi connectivity index (χ4v) is 1.58. The van der Waals surface area contributed by atoms with Crippen molar-refractivity contribution in [2.75, 3.05) is 13.2 Å². The van der Waals surface area contributed by atoms with Crippen molar-refractivity contribution in [1.82, 2.24) is 10.2 Å². The highest BCUT2D eigenvalue weighted by Gasteiger charge is 2.34. The van der Waals surface area contributed by atoms with Crippen LogP contribution < -0.4 is 5.32 Å². The molecule has 1 atom stereocenters. The Morgan fingerprint density at radius 3 is 2.53 bits per heavy atom. The van der Waals surface area contributed by atoms with E-state index in [1.54, 1.807) is 11.8 Å². The van der Waals surface area contributed by atoms with Crippen LogP contribution in [0.3, 0.4) is 0 Å². The molecule has 1 aliphatic carbocycles. The number of carbonyl (C=O) groups excluding carboxylic acids is 2. The van der Waals surface area contributed by atoms with Gasteiger partial charge in [-0.2, -0.15) is 0 Å². The van der Waals surface area contributed by atoms with Crippen LogP contribution in [0, 0.1) is 0 Å². The third-order valence-corrected chi connectivity index (χ3v) is 2.40. The molecule has 2 N–H and O–H groups in total. The van der Waals surface area contributed by atoms with Gasteiger partial charge < -0.3 is 15.3 Å².